The Hall–Kier alpha value is -0.300. The van der Waals surface area contributed by atoms with E-state index in [4.69, 9.17) is 0 Å². The van der Waals surface area contributed by atoms with Crippen LogP contribution in [0, 0.1) is 5.92 Å². The van der Waals surface area contributed by atoms with Crippen LogP contribution < -0.4 is 0 Å². The van der Waals surface area contributed by atoms with Gasteiger partial charge in [0.1, 0.15) is 0 Å². The van der Waals surface area contributed by atoms with Gasteiger partial charge in [-0.2, -0.15) is 0 Å². The van der Waals surface area contributed by atoms with Gasteiger partial charge in [0.2, 0.25) is 0 Å². The molecule has 1 saturated carbocycles. The Morgan fingerprint density at radius 1 is 1.36 bits per heavy atom. The third-order valence-corrected chi connectivity index (χ3v) is 2.84. The third-order valence-electron chi connectivity index (χ3n) is 2.84. The summed E-state index contributed by atoms with van der Waals surface area (Å²) in [4.78, 5) is 0. The van der Waals surface area contributed by atoms with Crippen LogP contribution in [0.3, 0.4) is 0 Å². The first kappa shape index (κ1) is 8.79. The Labute approximate surface area is 69.1 Å². The molecule has 0 radical (unpaired) electrons. The number of hydrogen-bond donors (Lipinski definition) is 1. The van der Waals surface area contributed by atoms with Gasteiger partial charge in [0, 0.05) is 0 Å². The first-order valence-electron chi connectivity index (χ1n) is 4.53. The van der Waals surface area contributed by atoms with Crippen molar-refractivity contribution in [3.8, 4) is 0 Å². The highest BCUT2D eigenvalue weighted by molar-refractivity contribution is 4.97. The summed E-state index contributed by atoms with van der Waals surface area (Å²) < 4.78 is 0. The van der Waals surface area contributed by atoms with Gasteiger partial charge >= 0.3 is 0 Å². The van der Waals surface area contributed by atoms with E-state index in [1.54, 1.807) is 6.08 Å². The van der Waals surface area contributed by atoms with Crippen LogP contribution in [0.4, 0.5) is 0 Å². The fourth-order valence-corrected chi connectivity index (χ4v) is 1.85. The van der Waals surface area contributed by atoms with Gasteiger partial charge in [0.05, 0.1) is 5.60 Å². The highest BCUT2D eigenvalue weighted by atomic mass is 16.3. The molecule has 1 rings (SSSR count). The van der Waals surface area contributed by atoms with Gasteiger partial charge in [-0.15, -0.1) is 6.58 Å². The number of aliphatic hydroxyl groups is 1. The predicted octanol–water partition coefficient (Wildman–Crippen LogP) is 2.50. The lowest BCUT2D eigenvalue weighted by Gasteiger charge is -2.32. The summed E-state index contributed by atoms with van der Waals surface area (Å²) in [5.41, 5.74) is -0.625. The van der Waals surface area contributed by atoms with E-state index >= 15 is 0 Å². The molecule has 1 atom stereocenters. The highest BCUT2D eigenvalue weighted by Crippen LogP contribution is 2.32. The maximum Gasteiger partial charge on any atom is 0.0825 e. The summed E-state index contributed by atoms with van der Waals surface area (Å²) in [6.07, 6.45) is 7.90. The van der Waals surface area contributed by atoms with Crippen LogP contribution in [0.15, 0.2) is 12.7 Å². The maximum absolute atomic E-state index is 9.83. The van der Waals surface area contributed by atoms with E-state index in [2.05, 4.69) is 6.58 Å². The smallest absolute Gasteiger partial charge is 0.0825 e. The average Bonchev–Trinajstić information content (AvgIpc) is 2.06. The van der Waals surface area contributed by atoms with Gasteiger partial charge in [0.15, 0.2) is 0 Å². The van der Waals surface area contributed by atoms with Gasteiger partial charge < -0.3 is 5.11 Å². The molecule has 0 aromatic carbocycles. The molecule has 0 aromatic heterocycles. The maximum atomic E-state index is 9.83. The topological polar surface area (TPSA) is 20.2 Å². The Morgan fingerprint density at radius 2 is 1.91 bits per heavy atom. The Balaban J connectivity index is 2.50. The molecule has 1 N–H and O–H groups in total. The van der Waals surface area contributed by atoms with Crippen LogP contribution in [-0.4, -0.2) is 10.7 Å². The van der Waals surface area contributed by atoms with Crippen molar-refractivity contribution in [3.05, 3.63) is 12.7 Å². The lowest BCUT2D eigenvalue weighted by Crippen LogP contribution is -2.33. The van der Waals surface area contributed by atoms with Crippen molar-refractivity contribution < 1.29 is 5.11 Å². The van der Waals surface area contributed by atoms with Crippen LogP contribution in [0.2, 0.25) is 0 Å². The van der Waals surface area contributed by atoms with E-state index < -0.39 is 5.60 Å². The molecule has 1 heteroatoms. The van der Waals surface area contributed by atoms with E-state index in [-0.39, 0.29) is 0 Å². The second kappa shape index (κ2) is 3.40. The third kappa shape index (κ3) is 2.06. The first-order chi connectivity index (χ1) is 5.17. The van der Waals surface area contributed by atoms with Crippen molar-refractivity contribution in [2.75, 3.05) is 0 Å². The van der Waals surface area contributed by atoms with Crippen molar-refractivity contribution in [1.29, 1.82) is 0 Å². The monoisotopic (exact) mass is 154 g/mol. The molecule has 0 amide bonds. The van der Waals surface area contributed by atoms with Crippen LogP contribution in [0.25, 0.3) is 0 Å². The second-order valence-electron chi connectivity index (χ2n) is 3.76. The minimum absolute atomic E-state index is 0.453. The summed E-state index contributed by atoms with van der Waals surface area (Å²) in [5, 5.41) is 9.83. The van der Waals surface area contributed by atoms with Crippen LogP contribution in [0.5, 0.6) is 0 Å². The normalized spacial score (nSPS) is 26.0. The van der Waals surface area contributed by atoms with Gasteiger partial charge in [0.25, 0.3) is 0 Å². The Bertz CT molecular complexity index is 132. The van der Waals surface area contributed by atoms with Crippen molar-refractivity contribution in [1.82, 2.24) is 0 Å². The lowest BCUT2D eigenvalue weighted by molar-refractivity contribution is 0.0281. The molecule has 1 nitrogen and oxygen atoms in total. The first-order valence-corrected chi connectivity index (χ1v) is 4.53. The molecule has 0 bridgehead atoms. The molecular weight excluding hydrogens is 136 g/mol. The van der Waals surface area contributed by atoms with Gasteiger partial charge in [-0.05, 0) is 25.7 Å². The van der Waals surface area contributed by atoms with Gasteiger partial charge in [-0.3, -0.25) is 0 Å². The molecule has 1 aliphatic rings. The van der Waals surface area contributed by atoms with E-state index in [0.29, 0.717) is 5.92 Å². The lowest BCUT2D eigenvalue weighted by atomic mass is 9.78. The van der Waals surface area contributed by atoms with E-state index in [9.17, 15) is 5.11 Å². The van der Waals surface area contributed by atoms with Gasteiger partial charge in [-0.1, -0.05) is 25.3 Å². The summed E-state index contributed by atoms with van der Waals surface area (Å²) in [6.45, 7) is 5.53. The SMILES string of the molecule is C=C[C@](C)(O)C1CCCCC1. The van der Waals surface area contributed by atoms with E-state index in [1.807, 2.05) is 6.92 Å². The molecule has 0 heterocycles. The second-order valence-corrected chi connectivity index (χ2v) is 3.76. The zero-order valence-electron chi connectivity index (χ0n) is 7.34. The quantitative estimate of drug-likeness (QED) is 0.606. The molecule has 0 aromatic rings. The van der Waals surface area contributed by atoms with Crippen LogP contribution in [0.1, 0.15) is 39.0 Å². The Morgan fingerprint density at radius 3 is 2.36 bits per heavy atom. The van der Waals surface area contributed by atoms with Crippen LogP contribution >= 0.6 is 0 Å². The zero-order valence-corrected chi connectivity index (χ0v) is 7.34. The van der Waals surface area contributed by atoms with Crippen molar-refractivity contribution in [2.45, 2.75) is 44.6 Å². The fraction of sp³-hybridized carbons (Fsp3) is 0.800. The summed E-state index contributed by atoms with van der Waals surface area (Å²) in [6, 6.07) is 0. The van der Waals surface area contributed by atoms with Crippen molar-refractivity contribution in [3.63, 3.8) is 0 Å². The molecule has 0 spiro atoms. The minimum Gasteiger partial charge on any atom is -0.386 e. The number of rotatable bonds is 2. The standard InChI is InChI=1S/C10H18O/c1-3-10(2,11)9-7-5-4-6-8-9/h3,9,11H,1,4-8H2,2H3/t10-/m0/s1. The summed E-state index contributed by atoms with van der Waals surface area (Å²) >= 11 is 0. The molecule has 0 saturated heterocycles. The molecule has 0 unspecified atom stereocenters. The van der Waals surface area contributed by atoms with Gasteiger partial charge in [-0.25, -0.2) is 0 Å². The van der Waals surface area contributed by atoms with Crippen molar-refractivity contribution in [2.24, 2.45) is 5.92 Å². The molecule has 0 aliphatic heterocycles. The van der Waals surface area contributed by atoms with E-state index in [0.717, 1.165) is 0 Å². The Kier molecular flexibility index (Phi) is 2.72. The summed E-state index contributed by atoms with van der Waals surface area (Å²) in [7, 11) is 0. The molecule has 11 heavy (non-hydrogen) atoms. The zero-order chi connectivity index (χ0) is 8.32. The average molecular weight is 154 g/mol. The molecular formula is C10H18O. The number of hydrogen-bond acceptors (Lipinski definition) is 1. The minimum atomic E-state index is -0.625. The van der Waals surface area contributed by atoms with E-state index in [1.165, 1.54) is 32.1 Å². The van der Waals surface area contributed by atoms with Crippen LogP contribution in [-0.2, 0) is 0 Å². The molecule has 64 valence electrons. The highest BCUT2D eigenvalue weighted by Gasteiger charge is 2.29. The predicted molar refractivity (Wildman–Crippen MR) is 47.4 cm³/mol. The largest absolute Gasteiger partial charge is 0.386 e. The summed E-state index contributed by atoms with van der Waals surface area (Å²) in [5.74, 6) is 0.453. The van der Waals surface area contributed by atoms with Crippen molar-refractivity contribution >= 4 is 0 Å². The molecule has 1 aliphatic carbocycles. The molecule has 1 fully saturated rings. The fourth-order valence-electron chi connectivity index (χ4n) is 1.85.